The predicted octanol–water partition coefficient (Wildman–Crippen LogP) is 4.99. The summed E-state index contributed by atoms with van der Waals surface area (Å²) in [4.78, 5) is 5.94. The molecule has 0 atom stereocenters. The van der Waals surface area contributed by atoms with Gasteiger partial charge in [0.05, 0.1) is 23.4 Å². The Morgan fingerprint density at radius 3 is 2.65 bits per heavy atom. The van der Waals surface area contributed by atoms with E-state index in [1.165, 1.54) is 5.56 Å². The first kappa shape index (κ1) is 16.0. The van der Waals surface area contributed by atoms with Gasteiger partial charge in [-0.1, -0.05) is 13.8 Å². The van der Waals surface area contributed by atoms with Crippen molar-refractivity contribution >= 4 is 17.0 Å². The number of hydrogen-bond acceptors (Lipinski definition) is 4. The molecule has 0 aromatic carbocycles. The van der Waals surface area contributed by atoms with Gasteiger partial charge in [-0.2, -0.15) is 5.10 Å². The van der Waals surface area contributed by atoms with Crippen LogP contribution in [0.15, 0.2) is 17.5 Å². The standard InChI is InChI=1S/C18H23N3OS/c1-6-13(7-2)14-10-11(3)20-21-16(12(4)19-18(14)21)17-15(22-5)8-9-23-17/h8-10,13H,6-7H2,1-5H3. The maximum absolute atomic E-state index is 5.50. The lowest BCUT2D eigenvalue weighted by atomic mass is 9.95. The minimum Gasteiger partial charge on any atom is -0.495 e. The zero-order valence-electron chi connectivity index (χ0n) is 14.4. The molecule has 0 amide bonds. The highest BCUT2D eigenvalue weighted by atomic mass is 32.1. The minimum absolute atomic E-state index is 0.513. The molecule has 0 aliphatic heterocycles. The van der Waals surface area contributed by atoms with Gasteiger partial charge < -0.3 is 4.74 Å². The van der Waals surface area contributed by atoms with Crippen LogP contribution in [0.2, 0.25) is 0 Å². The SMILES string of the molecule is CCC(CC)c1cc(C)nn2c(-c3sccc3OC)c(C)nc12. The summed E-state index contributed by atoms with van der Waals surface area (Å²) in [7, 11) is 1.71. The molecule has 0 aliphatic rings. The van der Waals surface area contributed by atoms with Crippen LogP contribution in [0.25, 0.3) is 16.2 Å². The van der Waals surface area contributed by atoms with Gasteiger partial charge in [0, 0.05) is 5.56 Å². The third kappa shape index (κ3) is 2.63. The van der Waals surface area contributed by atoms with E-state index in [0.717, 1.165) is 46.2 Å². The van der Waals surface area contributed by atoms with Gasteiger partial charge in [0.1, 0.15) is 11.4 Å². The van der Waals surface area contributed by atoms with Crippen LogP contribution in [0.1, 0.15) is 49.6 Å². The molecule has 3 heterocycles. The summed E-state index contributed by atoms with van der Waals surface area (Å²) in [5.74, 6) is 1.39. The molecule has 0 spiro atoms. The Hall–Kier alpha value is -1.88. The first-order valence-corrected chi connectivity index (χ1v) is 8.97. The molecule has 5 heteroatoms. The summed E-state index contributed by atoms with van der Waals surface area (Å²) in [6, 6.07) is 4.19. The molecular weight excluding hydrogens is 306 g/mol. The summed E-state index contributed by atoms with van der Waals surface area (Å²) in [5.41, 5.74) is 5.34. The quantitative estimate of drug-likeness (QED) is 0.662. The van der Waals surface area contributed by atoms with E-state index >= 15 is 0 Å². The van der Waals surface area contributed by atoms with Crippen LogP contribution in [-0.4, -0.2) is 21.7 Å². The fourth-order valence-electron chi connectivity index (χ4n) is 3.20. The minimum atomic E-state index is 0.513. The lowest BCUT2D eigenvalue weighted by Gasteiger charge is -2.14. The first-order valence-electron chi connectivity index (χ1n) is 8.09. The second-order valence-electron chi connectivity index (χ2n) is 5.85. The summed E-state index contributed by atoms with van der Waals surface area (Å²) >= 11 is 1.67. The smallest absolute Gasteiger partial charge is 0.158 e. The number of hydrogen-bond donors (Lipinski definition) is 0. The summed E-state index contributed by atoms with van der Waals surface area (Å²) in [5, 5.41) is 6.79. The molecule has 3 aromatic heterocycles. The van der Waals surface area contributed by atoms with Crippen molar-refractivity contribution in [3.63, 3.8) is 0 Å². The van der Waals surface area contributed by atoms with Crippen LogP contribution < -0.4 is 4.74 Å². The van der Waals surface area contributed by atoms with Gasteiger partial charge in [-0.15, -0.1) is 11.3 Å². The Labute approximate surface area is 141 Å². The van der Waals surface area contributed by atoms with E-state index in [4.69, 9.17) is 14.8 Å². The molecular formula is C18H23N3OS. The van der Waals surface area contributed by atoms with Gasteiger partial charge in [-0.25, -0.2) is 9.50 Å². The zero-order valence-corrected chi connectivity index (χ0v) is 15.2. The van der Waals surface area contributed by atoms with E-state index in [0.29, 0.717) is 5.92 Å². The van der Waals surface area contributed by atoms with Crippen molar-refractivity contribution < 1.29 is 4.74 Å². The lowest BCUT2D eigenvalue weighted by molar-refractivity contribution is 0.418. The topological polar surface area (TPSA) is 39.4 Å². The van der Waals surface area contributed by atoms with Gasteiger partial charge in [-0.3, -0.25) is 0 Å². The van der Waals surface area contributed by atoms with Crippen molar-refractivity contribution in [1.82, 2.24) is 14.6 Å². The number of aromatic nitrogens is 3. The average molecular weight is 329 g/mol. The molecule has 0 saturated heterocycles. The number of fused-ring (bicyclic) bond motifs is 1. The van der Waals surface area contributed by atoms with E-state index in [9.17, 15) is 0 Å². The van der Waals surface area contributed by atoms with E-state index in [2.05, 4.69) is 33.8 Å². The Kier molecular flexibility index (Phi) is 4.39. The normalized spacial score (nSPS) is 11.6. The molecule has 3 aromatic rings. The molecule has 3 rings (SSSR count). The third-order valence-corrected chi connectivity index (χ3v) is 5.30. The molecule has 4 nitrogen and oxygen atoms in total. The number of imidazole rings is 1. The van der Waals surface area contributed by atoms with E-state index in [1.54, 1.807) is 18.4 Å². The van der Waals surface area contributed by atoms with Crippen molar-refractivity contribution in [3.05, 3.63) is 34.5 Å². The highest BCUT2D eigenvalue weighted by Gasteiger charge is 2.21. The van der Waals surface area contributed by atoms with E-state index in [-0.39, 0.29) is 0 Å². The highest BCUT2D eigenvalue weighted by Crippen LogP contribution is 2.38. The second-order valence-corrected chi connectivity index (χ2v) is 6.77. The largest absolute Gasteiger partial charge is 0.495 e. The summed E-state index contributed by atoms with van der Waals surface area (Å²) in [6.07, 6.45) is 2.22. The van der Waals surface area contributed by atoms with Crippen molar-refractivity contribution in [2.24, 2.45) is 0 Å². The summed E-state index contributed by atoms with van der Waals surface area (Å²) < 4.78 is 7.51. The second kappa shape index (κ2) is 6.32. The van der Waals surface area contributed by atoms with Gasteiger partial charge in [0.2, 0.25) is 0 Å². The Balaban J connectivity index is 2.31. The van der Waals surface area contributed by atoms with Gasteiger partial charge in [0.25, 0.3) is 0 Å². The average Bonchev–Trinajstić information content (AvgIpc) is 3.11. The van der Waals surface area contributed by atoms with E-state index in [1.807, 2.05) is 16.0 Å². The number of thiophene rings is 1. The third-order valence-electron chi connectivity index (χ3n) is 4.40. The van der Waals surface area contributed by atoms with Crippen LogP contribution in [0, 0.1) is 13.8 Å². The maximum Gasteiger partial charge on any atom is 0.158 e. The van der Waals surface area contributed by atoms with Crippen molar-refractivity contribution in [2.75, 3.05) is 7.11 Å². The molecule has 23 heavy (non-hydrogen) atoms. The molecule has 0 radical (unpaired) electrons. The molecule has 0 unspecified atom stereocenters. The number of nitrogens with zero attached hydrogens (tertiary/aromatic N) is 3. The van der Waals surface area contributed by atoms with Crippen molar-refractivity contribution in [3.8, 4) is 16.3 Å². The van der Waals surface area contributed by atoms with Crippen molar-refractivity contribution in [1.29, 1.82) is 0 Å². The molecule has 0 bridgehead atoms. The number of rotatable bonds is 5. The molecule has 0 saturated carbocycles. The highest BCUT2D eigenvalue weighted by molar-refractivity contribution is 7.14. The Morgan fingerprint density at radius 2 is 2.00 bits per heavy atom. The zero-order chi connectivity index (χ0) is 16.6. The monoisotopic (exact) mass is 329 g/mol. The lowest BCUT2D eigenvalue weighted by Crippen LogP contribution is -2.05. The molecule has 0 fully saturated rings. The number of ether oxygens (including phenoxy) is 1. The van der Waals surface area contributed by atoms with Crippen LogP contribution in [-0.2, 0) is 0 Å². The first-order chi connectivity index (χ1) is 11.1. The van der Waals surface area contributed by atoms with Gasteiger partial charge in [0.15, 0.2) is 5.65 Å². The number of aryl methyl sites for hydroxylation is 2. The molecule has 0 N–H and O–H groups in total. The number of methoxy groups -OCH3 is 1. The van der Waals surface area contributed by atoms with E-state index < -0.39 is 0 Å². The van der Waals surface area contributed by atoms with Crippen LogP contribution in [0.3, 0.4) is 0 Å². The predicted molar refractivity (Wildman–Crippen MR) is 95.6 cm³/mol. The Bertz CT molecular complexity index is 830. The van der Waals surface area contributed by atoms with Crippen LogP contribution in [0.4, 0.5) is 0 Å². The molecule has 122 valence electrons. The summed E-state index contributed by atoms with van der Waals surface area (Å²) in [6.45, 7) is 8.57. The Morgan fingerprint density at radius 1 is 1.26 bits per heavy atom. The molecule has 0 aliphatic carbocycles. The van der Waals surface area contributed by atoms with Gasteiger partial charge in [-0.05, 0) is 50.1 Å². The van der Waals surface area contributed by atoms with Crippen LogP contribution in [0.5, 0.6) is 5.75 Å². The van der Waals surface area contributed by atoms with Crippen molar-refractivity contribution in [2.45, 2.75) is 46.5 Å². The fourth-order valence-corrected chi connectivity index (χ4v) is 4.14. The fraction of sp³-hybridized carbons (Fsp3) is 0.444. The van der Waals surface area contributed by atoms with Crippen LogP contribution >= 0.6 is 11.3 Å². The van der Waals surface area contributed by atoms with Gasteiger partial charge >= 0.3 is 0 Å². The maximum atomic E-state index is 5.50.